The number of aromatic hydroxyl groups is 1. The number of benzene rings is 1. The van der Waals surface area contributed by atoms with Crippen molar-refractivity contribution in [2.24, 2.45) is 17.8 Å². The minimum absolute atomic E-state index is 0.314. The van der Waals surface area contributed by atoms with Gasteiger partial charge in [-0.05, 0) is 154 Å². The zero-order chi connectivity index (χ0) is 19.4. The molecular weight excluding hydrogens is 352 g/mol. The Labute approximate surface area is 176 Å². The van der Waals surface area contributed by atoms with Crippen LogP contribution in [0.25, 0.3) is 0 Å². The average molecular weight is 391 g/mol. The number of rotatable bonds is 3. The van der Waals surface area contributed by atoms with Crippen LogP contribution in [-0.4, -0.2) is 5.11 Å². The van der Waals surface area contributed by atoms with Gasteiger partial charge in [0.15, 0.2) is 0 Å². The van der Waals surface area contributed by atoms with Crippen LogP contribution >= 0.6 is 0 Å². The van der Waals surface area contributed by atoms with Gasteiger partial charge in [0.1, 0.15) is 5.75 Å². The van der Waals surface area contributed by atoms with E-state index >= 15 is 0 Å². The molecule has 0 heterocycles. The summed E-state index contributed by atoms with van der Waals surface area (Å²) < 4.78 is 0. The SMILES string of the molecule is Cc1c(C23CCC(CC2)C3)cc(C23CCC(CC2)C3)c(C23CCC(CC2)C3)c1O. The molecule has 0 unspecified atom stereocenters. The Morgan fingerprint density at radius 2 is 1.07 bits per heavy atom. The molecule has 0 saturated heterocycles. The second-order valence-electron chi connectivity index (χ2n) is 12.6. The molecule has 6 bridgehead atoms. The molecule has 29 heavy (non-hydrogen) atoms. The first kappa shape index (κ1) is 17.7. The first-order chi connectivity index (χ1) is 14.0. The summed E-state index contributed by atoms with van der Waals surface area (Å²) in [6.07, 6.45) is 20.9. The van der Waals surface area contributed by atoms with Crippen molar-refractivity contribution >= 4 is 0 Å². The molecule has 1 N–H and O–H groups in total. The molecule has 0 aromatic heterocycles. The van der Waals surface area contributed by atoms with Gasteiger partial charge in [-0.25, -0.2) is 0 Å². The molecule has 0 atom stereocenters. The van der Waals surface area contributed by atoms with Crippen LogP contribution < -0.4 is 0 Å². The van der Waals surface area contributed by atoms with Crippen molar-refractivity contribution in [3.8, 4) is 5.75 Å². The maximum absolute atomic E-state index is 11.9. The van der Waals surface area contributed by atoms with Crippen molar-refractivity contribution in [3.05, 3.63) is 28.3 Å². The van der Waals surface area contributed by atoms with Crippen molar-refractivity contribution in [2.45, 2.75) is 119 Å². The highest BCUT2D eigenvalue weighted by atomic mass is 16.3. The maximum Gasteiger partial charge on any atom is 0.122 e. The van der Waals surface area contributed by atoms with Crippen molar-refractivity contribution in [1.29, 1.82) is 0 Å². The topological polar surface area (TPSA) is 20.2 Å². The highest BCUT2D eigenvalue weighted by Gasteiger charge is 2.55. The van der Waals surface area contributed by atoms with E-state index in [2.05, 4.69) is 13.0 Å². The largest absolute Gasteiger partial charge is 0.507 e. The third kappa shape index (κ3) is 2.18. The molecule has 0 amide bonds. The first-order valence-corrected chi connectivity index (χ1v) is 12.9. The van der Waals surface area contributed by atoms with E-state index in [0.29, 0.717) is 16.2 Å². The third-order valence-electron chi connectivity index (χ3n) is 11.5. The van der Waals surface area contributed by atoms with E-state index in [1.807, 2.05) is 0 Å². The summed E-state index contributed by atoms with van der Waals surface area (Å²) >= 11 is 0. The van der Waals surface area contributed by atoms with Crippen LogP contribution in [-0.2, 0) is 16.2 Å². The van der Waals surface area contributed by atoms with E-state index in [1.54, 1.807) is 11.1 Å². The molecule has 0 radical (unpaired) electrons. The molecule has 1 aromatic carbocycles. The normalized spacial score (nSPS) is 47.0. The Balaban J connectivity index is 1.47. The number of phenols is 1. The van der Waals surface area contributed by atoms with Crippen LogP contribution in [0.3, 0.4) is 0 Å². The van der Waals surface area contributed by atoms with Crippen LogP contribution in [0.4, 0.5) is 0 Å². The summed E-state index contributed by atoms with van der Waals surface area (Å²) in [7, 11) is 0. The Morgan fingerprint density at radius 1 is 0.655 bits per heavy atom. The summed E-state index contributed by atoms with van der Waals surface area (Å²) in [5.74, 6) is 3.62. The van der Waals surface area contributed by atoms with Crippen molar-refractivity contribution in [3.63, 3.8) is 0 Å². The maximum atomic E-state index is 11.9. The van der Waals surface area contributed by atoms with Gasteiger partial charge >= 0.3 is 0 Å². The highest BCUT2D eigenvalue weighted by molar-refractivity contribution is 5.59. The van der Waals surface area contributed by atoms with Crippen LogP contribution in [0.15, 0.2) is 6.07 Å². The lowest BCUT2D eigenvalue weighted by Gasteiger charge is -2.40. The lowest BCUT2D eigenvalue weighted by molar-refractivity contribution is 0.355. The predicted molar refractivity (Wildman–Crippen MR) is 118 cm³/mol. The lowest BCUT2D eigenvalue weighted by Crippen LogP contribution is -2.31. The van der Waals surface area contributed by atoms with Gasteiger partial charge in [-0.15, -0.1) is 0 Å². The fourth-order valence-corrected chi connectivity index (χ4v) is 9.96. The second-order valence-corrected chi connectivity index (χ2v) is 12.6. The summed E-state index contributed by atoms with van der Waals surface area (Å²) in [6, 6.07) is 2.74. The number of hydrogen-bond acceptors (Lipinski definition) is 1. The Hall–Kier alpha value is -0.980. The van der Waals surface area contributed by atoms with Gasteiger partial charge in [0.2, 0.25) is 0 Å². The predicted octanol–water partition coefficient (Wildman–Crippen LogP) is 7.20. The molecule has 6 saturated carbocycles. The molecule has 0 spiro atoms. The minimum atomic E-state index is 0.314. The quantitative estimate of drug-likeness (QED) is 0.579. The molecule has 1 aromatic rings. The van der Waals surface area contributed by atoms with Gasteiger partial charge in [-0.1, -0.05) is 6.07 Å². The monoisotopic (exact) mass is 390 g/mol. The standard InChI is InChI=1S/C28H38O/c1-18-22(26-8-2-19(15-26)3-9-26)14-23(27-10-4-20(16-27)5-11-27)24(25(18)29)28-12-6-21(17-28)7-13-28/h14,19-21,29H,2-13,15-17H2,1H3. The Kier molecular flexibility index (Phi) is 3.43. The molecule has 6 fully saturated rings. The van der Waals surface area contributed by atoms with Gasteiger partial charge in [0, 0.05) is 5.56 Å². The zero-order valence-electron chi connectivity index (χ0n) is 18.4. The smallest absolute Gasteiger partial charge is 0.122 e. The molecule has 0 aliphatic heterocycles. The van der Waals surface area contributed by atoms with Gasteiger partial charge < -0.3 is 5.11 Å². The molecule has 6 aliphatic carbocycles. The van der Waals surface area contributed by atoms with Crippen LogP contribution in [0.2, 0.25) is 0 Å². The fourth-order valence-electron chi connectivity index (χ4n) is 9.96. The highest BCUT2D eigenvalue weighted by Crippen LogP contribution is 2.65. The van der Waals surface area contributed by atoms with Crippen LogP contribution in [0.1, 0.15) is 119 Å². The van der Waals surface area contributed by atoms with E-state index < -0.39 is 0 Å². The van der Waals surface area contributed by atoms with Gasteiger partial charge in [0.05, 0.1) is 0 Å². The minimum Gasteiger partial charge on any atom is -0.507 e. The van der Waals surface area contributed by atoms with E-state index in [0.717, 1.165) is 23.5 Å². The number of fused-ring (bicyclic) bond motifs is 6. The van der Waals surface area contributed by atoms with Crippen LogP contribution in [0, 0.1) is 24.7 Å². The molecule has 7 rings (SSSR count). The number of phenolic OH excluding ortho intramolecular Hbond substituents is 1. The van der Waals surface area contributed by atoms with Crippen molar-refractivity contribution in [2.75, 3.05) is 0 Å². The van der Waals surface area contributed by atoms with Gasteiger partial charge in [-0.3, -0.25) is 0 Å². The van der Waals surface area contributed by atoms with E-state index in [9.17, 15) is 5.11 Å². The zero-order valence-corrected chi connectivity index (χ0v) is 18.4. The molecule has 6 aliphatic rings. The third-order valence-corrected chi connectivity index (χ3v) is 11.5. The molecule has 1 heteroatoms. The summed E-state index contributed by atoms with van der Waals surface area (Å²) in [5, 5.41) is 11.9. The molecule has 1 nitrogen and oxygen atoms in total. The van der Waals surface area contributed by atoms with Crippen LogP contribution in [0.5, 0.6) is 5.75 Å². The summed E-state index contributed by atoms with van der Waals surface area (Å²) in [6.45, 7) is 2.28. The first-order valence-electron chi connectivity index (χ1n) is 12.9. The van der Waals surface area contributed by atoms with Gasteiger partial charge in [-0.2, -0.15) is 0 Å². The van der Waals surface area contributed by atoms with Crippen molar-refractivity contribution < 1.29 is 5.11 Å². The van der Waals surface area contributed by atoms with E-state index in [1.165, 1.54) is 107 Å². The Bertz CT molecular complexity index is 855. The fraction of sp³-hybridized carbons (Fsp3) is 0.786. The lowest BCUT2D eigenvalue weighted by atomic mass is 9.64. The average Bonchev–Trinajstić information content (AvgIpc) is 3.57. The Morgan fingerprint density at radius 3 is 1.48 bits per heavy atom. The van der Waals surface area contributed by atoms with E-state index in [4.69, 9.17) is 0 Å². The summed E-state index contributed by atoms with van der Waals surface area (Å²) in [5.41, 5.74) is 7.13. The second kappa shape index (κ2) is 5.63. The molecular formula is C28H38O. The summed E-state index contributed by atoms with van der Waals surface area (Å²) in [4.78, 5) is 0. The van der Waals surface area contributed by atoms with E-state index in [-0.39, 0.29) is 0 Å². The molecule has 156 valence electrons. The van der Waals surface area contributed by atoms with Crippen molar-refractivity contribution in [1.82, 2.24) is 0 Å². The number of hydrogen-bond donors (Lipinski definition) is 1. The van der Waals surface area contributed by atoms with Gasteiger partial charge in [0.25, 0.3) is 0 Å².